The predicted molar refractivity (Wildman–Crippen MR) is 90.1 cm³/mol. The van der Waals surface area contributed by atoms with Crippen LogP contribution in [0.25, 0.3) is 16.8 Å². The number of rotatable bonds is 3. The number of benzene rings is 1. The molecule has 3 rings (SSSR count). The standard InChI is InChI=1S/C16H12N2O.C2H7N/c1-2-14(19)15-13-10-6-7-11-18(13)17-16(15)12-8-4-3-5-9-12;1-3-2/h2-11H,1H2;3H,1-2H3. The largest absolute Gasteiger partial charge is 0.323 e. The fourth-order valence-corrected chi connectivity index (χ4v) is 2.14. The fraction of sp³-hybridized carbons (Fsp3) is 0.111. The number of aromatic nitrogens is 2. The summed E-state index contributed by atoms with van der Waals surface area (Å²) >= 11 is 0. The van der Waals surface area contributed by atoms with E-state index in [1.54, 1.807) is 4.52 Å². The molecule has 0 atom stereocenters. The average molecular weight is 293 g/mol. The zero-order valence-electron chi connectivity index (χ0n) is 12.8. The van der Waals surface area contributed by atoms with E-state index in [0.717, 1.165) is 11.1 Å². The Kier molecular flexibility index (Phi) is 5.22. The van der Waals surface area contributed by atoms with Crippen molar-refractivity contribution in [2.75, 3.05) is 14.1 Å². The zero-order valence-corrected chi connectivity index (χ0v) is 12.8. The van der Waals surface area contributed by atoms with Crippen molar-refractivity contribution in [1.29, 1.82) is 0 Å². The topological polar surface area (TPSA) is 46.4 Å². The van der Waals surface area contributed by atoms with Crippen molar-refractivity contribution in [3.63, 3.8) is 0 Å². The molecule has 4 heteroatoms. The van der Waals surface area contributed by atoms with E-state index in [9.17, 15) is 4.79 Å². The molecular formula is C18H19N3O. The smallest absolute Gasteiger partial charge is 0.189 e. The second-order valence-electron chi connectivity index (χ2n) is 4.69. The first-order chi connectivity index (χ1) is 10.7. The van der Waals surface area contributed by atoms with Gasteiger partial charge in [-0.3, -0.25) is 4.79 Å². The van der Waals surface area contributed by atoms with Gasteiger partial charge in [0.05, 0.1) is 11.1 Å². The lowest BCUT2D eigenvalue weighted by molar-refractivity contribution is 0.104. The monoisotopic (exact) mass is 293 g/mol. The summed E-state index contributed by atoms with van der Waals surface area (Å²) < 4.78 is 1.72. The number of carbonyl (C=O) groups excluding carboxylic acids is 1. The molecule has 0 saturated heterocycles. The Labute approximate surface area is 130 Å². The number of carbonyl (C=O) groups is 1. The number of nitrogens with zero attached hydrogens (tertiary/aromatic N) is 2. The number of fused-ring (bicyclic) bond motifs is 1. The predicted octanol–water partition coefficient (Wildman–Crippen LogP) is 3.21. The summed E-state index contributed by atoms with van der Waals surface area (Å²) in [6, 6.07) is 15.4. The quantitative estimate of drug-likeness (QED) is 0.596. The van der Waals surface area contributed by atoms with Gasteiger partial charge in [0.2, 0.25) is 0 Å². The van der Waals surface area contributed by atoms with Crippen LogP contribution in [0.5, 0.6) is 0 Å². The third-order valence-corrected chi connectivity index (χ3v) is 3.02. The van der Waals surface area contributed by atoms with Gasteiger partial charge in [-0.05, 0) is 32.3 Å². The van der Waals surface area contributed by atoms with Gasteiger partial charge in [0.15, 0.2) is 5.78 Å². The Morgan fingerprint density at radius 3 is 2.41 bits per heavy atom. The van der Waals surface area contributed by atoms with Crippen molar-refractivity contribution in [2.45, 2.75) is 0 Å². The summed E-state index contributed by atoms with van der Waals surface area (Å²) in [4.78, 5) is 12.1. The zero-order chi connectivity index (χ0) is 15.9. The maximum absolute atomic E-state index is 12.1. The van der Waals surface area contributed by atoms with Gasteiger partial charge < -0.3 is 5.32 Å². The molecule has 4 nitrogen and oxygen atoms in total. The summed E-state index contributed by atoms with van der Waals surface area (Å²) in [6.45, 7) is 3.57. The highest BCUT2D eigenvalue weighted by Crippen LogP contribution is 2.26. The number of pyridine rings is 1. The average Bonchev–Trinajstić information content (AvgIpc) is 2.95. The highest BCUT2D eigenvalue weighted by atomic mass is 16.1. The Morgan fingerprint density at radius 1 is 1.14 bits per heavy atom. The van der Waals surface area contributed by atoms with Crippen LogP contribution >= 0.6 is 0 Å². The molecule has 0 unspecified atom stereocenters. The lowest BCUT2D eigenvalue weighted by atomic mass is 10.0. The van der Waals surface area contributed by atoms with E-state index in [0.29, 0.717) is 11.3 Å². The molecule has 3 aromatic rings. The van der Waals surface area contributed by atoms with Crippen LogP contribution in [0.1, 0.15) is 10.4 Å². The lowest BCUT2D eigenvalue weighted by Gasteiger charge is -1.99. The van der Waals surface area contributed by atoms with Crippen LogP contribution in [-0.4, -0.2) is 29.5 Å². The Morgan fingerprint density at radius 2 is 1.77 bits per heavy atom. The van der Waals surface area contributed by atoms with Gasteiger partial charge in [-0.15, -0.1) is 0 Å². The van der Waals surface area contributed by atoms with E-state index >= 15 is 0 Å². The second kappa shape index (κ2) is 7.33. The normalized spacial score (nSPS) is 9.91. The minimum atomic E-state index is -0.111. The molecule has 0 bridgehead atoms. The van der Waals surface area contributed by atoms with Gasteiger partial charge in [-0.1, -0.05) is 43.0 Å². The van der Waals surface area contributed by atoms with E-state index in [-0.39, 0.29) is 5.78 Å². The van der Waals surface area contributed by atoms with Gasteiger partial charge in [-0.25, -0.2) is 4.52 Å². The van der Waals surface area contributed by atoms with E-state index in [1.165, 1.54) is 6.08 Å². The molecule has 2 aromatic heterocycles. The summed E-state index contributed by atoms with van der Waals surface area (Å²) in [6.07, 6.45) is 3.16. The third-order valence-electron chi connectivity index (χ3n) is 3.02. The molecule has 112 valence electrons. The van der Waals surface area contributed by atoms with E-state index in [2.05, 4.69) is 17.0 Å². The maximum Gasteiger partial charge on any atom is 0.189 e. The molecule has 0 aliphatic carbocycles. The summed E-state index contributed by atoms with van der Waals surface area (Å²) in [5, 5.41) is 7.25. The van der Waals surface area contributed by atoms with Gasteiger partial charge in [0.25, 0.3) is 0 Å². The van der Waals surface area contributed by atoms with Crippen LogP contribution in [-0.2, 0) is 0 Å². The molecule has 0 amide bonds. The van der Waals surface area contributed by atoms with Crippen molar-refractivity contribution in [3.05, 3.63) is 72.9 Å². The minimum absolute atomic E-state index is 0.111. The minimum Gasteiger partial charge on any atom is -0.323 e. The van der Waals surface area contributed by atoms with Crippen LogP contribution in [0.2, 0.25) is 0 Å². The molecule has 22 heavy (non-hydrogen) atoms. The molecule has 0 aliphatic heterocycles. The first-order valence-electron chi connectivity index (χ1n) is 7.01. The highest BCUT2D eigenvalue weighted by molar-refractivity contribution is 6.13. The molecule has 1 N–H and O–H groups in total. The highest BCUT2D eigenvalue weighted by Gasteiger charge is 2.18. The van der Waals surface area contributed by atoms with Gasteiger partial charge in [0, 0.05) is 11.8 Å². The molecule has 0 fully saturated rings. The first kappa shape index (κ1) is 15.7. The van der Waals surface area contributed by atoms with E-state index in [1.807, 2.05) is 68.8 Å². The van der Waals surface area contributed by atoms with Gasteiger partial charge in [-0.2, -0.15) is 5.10 Å². The Balaban J connectivity index is 0.000000545. The van der Waals surface area contributed by atoms with Crippen LogP contribution in [0, 0.1) is 0 Å². The molecule has 2 heterocycles. The molecule has 1 aromatic carbocycles. The third kappa shape index (κ3) is 3.13. The number of hydrogen-bond donors (Lipinski definition) is 1. The number of nitrogens with one attached hydrogen (secondary N) is 1. The van der Waals surface area contributed by atoms with Crippen molar-refractivity contribution in [3.8, 4) is 11.3 Å². The van der Waals surface area contributed by atoms with E-state index in [4.69, 9.17) is 0 Å². The molecule has 0 radical (unpaired) electrons. The van der Waals surface area contributed by atoms with Crippen molar-refractivity contribution >= 4 is 11.3 Å². The van der Waals surface area contributed by atoms with Crippen LogP contribution in [0.15, 0.2) is 67.4 Å². The summed E-state index contributed by atoms with van der Waals surface area (Å²) in [5.74, 6) is -0.111. The summed E-state index contributed by atoms with van der Waals surface area (Å²) in [5.41, 5.74) is 3.01. The molecular weight excluding hydrogens is 274 g/mol. The lowest BCUT2D eigenvalue weighted by Crippen LogP contribution is -1.95. The second-order valence-corrected chi connectivity index (χ2v) is 4.69. The van der Waals surface area contributed by atoms with Crippen LogP contribution in [0.3, 0.4) is 0 Å². The van der Waals surface area contributed by atoms with E-state index < -0.39 is 0 Å². The Bertz CT molecular complexity index is 775. The van der Waals surface area contributed by atoms with Crippen molar-refractivity contribution < 1.29 is 4.79 Å². The van der Waals surface area contributed by atoms with Gasteiger partial charge in [0.1, 0.15) is 5.69 Å². The molecule has 0 saturated carbocycles. The van der Waals surface area contributed by atoms with Crippen LogP contribution in [0.4, 0.5) is 0 Å². The number of ketones is 1. The van der Waals surface area contributed by atoms with Crippen LogP contribution < -0.4 is 5.32 Å². The van der Waals surface area contributed by atoms with Crippen molar-refractivity contribution in [1.82, 2.24) is 14.9 Å². The van der Waals surface area contributed by atoms with Gasteiger partial charge >= 0.3 is 0 Å². The van der Waals surface area contributed by atoms with Crippen molar-refractivity contribution in [2.24, 2.45) is 0 Å². The molecule has 0 spiro atoms. The maximum atomic E-state index is 12.1. The molecule has 0 aliphatic rings. The Hall–Kier alpha value is -2.72. The fourth-order valence-electron chi connectivity index (χ4n) is 2.14. The number of hydrogen-bond acceptors (Lipinski definition) is 3. The first-order valence-corrected chi connectivity index (χ1v) is 7.01. The SMILES string of the molecule is C=CC(=O)c1c(-c2ccccc2)nn2ccccc12.CNC. The number of allylic oxidation sites excluding steroid dienone is 1. The summed E-state index contributed by atoms with van der Waals surface area (Å²) in [7, 11) is 3.75.